The predicted octanol–water partition coefficient (Wildman–Crippen LogP) is 2.09. The van der Waals surface area contributed by atoms with Gasteiger partial charge in [-0.05, 0) is 31.2 Å². The Balaban J connectivity index is 1.92. The van der Waals surface area contributed by atoms with Crippen molar-refractivity contribution in [3.63, 3.8) is 0 Å². The molecule has 0 aliphatic heterocycles. The number of aryl methyl sites for hydroxylation is 1. The van der Waals surface area contributed by atoms with E-state index in [9.17, 15) is 4.79 Å². The largest absolute Gasteiger partial charge is 0.492 e. The van der Waals surface area contributed by atoms with Gasteiger partial charge in [0.1, 0.15) is 12.4 Å². The number of benzene rings is 2. The average Bonchev–Trinajstić information content (AvgIpc) is 2.53. The summed E-state index contributed by atoms with van der Waals surface area (Å²) in [4.78, 5) is 11.7. The molecule has 0 aromatic heterocycles. The van der Waals surface area contributed by atoms with Gasteiger partial charge in [-0.15, -0.1) is 0 Å². The highest BCUT2D eigenvalue weighted by Crippen LogP contribution is 2.17. The molecule has 0 aliphatic rings. The summed E-state index contributed by atoms with van der Waals surface area (Å²) in [5.74, 6) is 5.71. The zero-order valence-electron chi connectivity index (χ0n) is 11.9. The fourth-order valence-electron chi connectivity index (χ4n) is 1.95. The summed E-state index contributed by atoms with van der Waals surface area (Å²) in [5, 5.41) is 3.18. The summed E-state index contributed by atoms with van der Waals surface area (Å²) in [5.41, 5.74) is 4.42. The fourth-order valence-corrected chi connectivity index (χ4v) is 1.95. The van der Waals surface area contributed by atoms with Crippen molar-refractivity contribution < 1.29 is 9.53 Å². The Morgan fingerprint density at radius 2 is 1.95 bits per heavy atom. The van der Waals surface area contributed by atoms with Crippen LogP contribution in [0, 0.1) is 6.92 Å². The van der Waals surface area contributed by atoms with Crippen molar-refractivity contribution >= 4 is 11.6 Å². The van der Waals surface area contributed by atoms with Crippen molar-refractivity contribution in [3.05, 3.63) is 59.7 Å². The van der Waals surface area contributed by atoms with Crippen LogP contribution < -0.4 is 21.3 Å². The van der Waals surface area contributed by atoms with E-state index in [-0.39, 0.29) is 5.91 Å². The molecule has 2 rings (SSSR count). The van der Waals surface area contributed by atoms with Gasteiger partial charge in [0.2, 0.25) is 0 Å². The number of nitrogens with two attached hydrogens (primary N) is 1. The zero-order valence-corrected chi connectivity index (χ0v) is 11.9. The Morgan fingerprint density at radius 3 is 2.67 bits per heavy atom. The summed E-state index contributed by atoms with van der Waals surface area (Å²) in [6, 6.07) is 15.2. The van der Waals surface area contributed by atoms with E-state index in [2.05, 4.69) is 10.7 Å². The summed E-state index contributed by atoms with van der Waals surface area (Å²) >= 11 is 0. The van der Waals surface area contributed by atoms with Crippen LogP contribution in [0.15, 0.2) is 48.5 Å². The first-order valence-electron chi connectivity index (χ1n) is 6.74. The highest BCUT2D eigenvalue weighted by molar-refractivity contribution is 5.99. The van der Waals surface area contributed by atoms with E-state index in [4.69, 9.17) is 10.6 Å². The lowest BCUT2D eigenvalue weighted by Crippen LogP contribution is -2.31. The molecular weight excluding hydrogens is 266 g/mol. The second-order valence-electron chi connectivity index (χ2n) is 4.61. The van der Waals surface area contributed by atoms with Crippen LogP contribution in [-0.2, 0) is 0 Å². The summed E-state index contributed by atoms with van der Waals surface area (Å²) in [7, 11) is 0. The van der Waals surface area contributed by atoms with E-state index in [1.807, 2.05) is 49.4 Å². The second-order valence-corrected chi connectivity index (χ2v) is 4.61. The number of hydrazine groups is 1. The minimum atomic E-state index is -0.315. The minimum absolute atomic E-state index is 0.315. The normalized spacial score (nSPS) is 10.0. The molecule has 0 unspecified atom stereocenters. The highest BCUT2D eigenvalue weighted by Gasteiger charge is 2.10. The number of para-hydroxylation sites is 1. The molecule has 5 heteroatoms. The van der Waals surface area contributed by atoms with Gasteiger partial charge in [0.05, 0.1) is 5.56 Å². The first kappa shape index (κ1) is 14.9. The fraction of sp³-hybridized carbons (Fsp3) is 0.188. The molecular formula is C16H19N3O2. The number of anilines is 1. The van der Waals surface area contributed by atoms with E-state index in [1.54, 1.807) is 6.07 Å². The maximum Gasteiger partial charge on any atom is 0.267 e. The molecule has 2 aromatic rings. The van der Waals surface area contributed by atoms with Gasteiger partial charge < -0.3 is 10.1 Å². The molecule has 0 aliphatic carbocycles. The van der Waals surface area contributed by atoms with Crippen molar-refractivity contribution in [2.75, 3.05) is 18.5 Å². The molecule has 0 spiro atoms. The van der Waals surface area contributed by atoms with Gasteiger partial charge in [0, 0.05) is 12.2 Å². The molecule has 110 valence electrons. The standard InChI is InChI=1S/C16H19N3O2/c1-12-7-8-15(14(11-12)16(20)19-17)18-9-10-21-13-5-3-2-4-6-13/h2-8,11,18H,9-10,17H2,1H3,(H,19,20). The van der Waals surface area contributed by atoms with Crippen LogP contribution in [0.3, 0.4) is 0 Å². The molecule has 0 radical (unpaired) electrons. The Labute approximate surface area is 124 Å². The SMILES string of the molecule is Cc1ccc(NCCOc2ccccc2)c(C(=O)NN)c1. The quantitative estimate of drug-likeness (QED) is 0.329. The van der Waals surface area contributed by atoms with E-state index >= 15 is 0 Å². The number of hydrogen-bond acceptors (Lipinski definition) is 4. The van der Waals surface area contributed by atoms with Crippen LogP contribution in [0.4, 0.5) is 5.69 Å². The Kier molecular flexibility index (Phi) is 5.17. The van der Waals surface area contributed by atoms with Crippen molar-refractivity contribution in [3.8, 4) is 5.75 Å². The predicted molar refractivity (Wildman–Crippen MR) is 83.3 cm³/mol. The molecule has 21 heavy (non-hydrogen) atoms. The minimum Gasteiger partial charge on any atom is -0.492 e. The Hall–Kier alpha value is -2.53. The summed E-state index contributed by atoms with van der Waals surface area (Å²) < 4.78 is 5.59. The van der Waals surface area contributed by atoms with E-state index in [0.29, 0.717) is 18.7 Å². The van der Waals surface area contributed by atoms with Crippen LogP contribution in [0.2, 0.25) is 0 Å². The first-order valence-corrected chi connectivity index (χ1v) is 6.74. The number of nitrogens with one attached hydrogen (secondary N) is 2. The van der Waals surface area contributed by atoms with Gasteiger partial charge in [-0.25, -0.2) is 5.84 Å². The lowest BCUT2D eigenvalue weighted by Gasteiger charge is -2.12. The van der Waals surface area contributed by atoms with Gasteiger partial charge in [0.15, 0.2) is 0 Å². The molecule has 4 N–H and O–H groups in total. The van der Waals surface area contributed by atoms with E-state index in [0.717, 1.165) is 17.0 Å². The first-order chi connectivity index (χ1) is 10.2. The number of nitrogen functional groups attached to an aromatic ring is 1. The van der Waals surface area contributed by atoms with Gasteiger partial charge in [0.25, 0.3) is 5.91 Å². The number of ether oxygens (including phenoxy) is 1. The number of carbonyl (C=O) groups is 1. The van der Waals surface area contributed by atoms with Crippen LogP contribution in [0.5, 0.6) is 5.75 Å². The van der Waals surface area contributed by atoms with Crippen molar-refractivity contribution in [2.24, 2.45) is 5.84 Å². The maximum absolute atomic E-state index is 11.7. The maximum atomic E-state index is 11.7. The van der Waals surface area contributed by atoms with Gasteiger partial charge >= 0.3 is 0 Å². The molecule has 1 amide bonds. The molecule has 0 fully saturated rings. The Bertz CT molecular complexity index is 600. The molecule has 5 nitrogen and oxygen atoms in total. The van der Waals surface area contributed by atoms with Crippen LogP contribution in [-0.4, -0.2) is 19.1 Å². The van der Waals surface area contributed by atoms with Crippen LogP contribution >= 0.6 is 0 Å². The number of carbonyl (C=O) groups excluding carboxylic acids is 1. The smallest absolute Gasteiger partial charge is 0.267 e. The average molecular weight is 285 g/mol. The lowest BCUT2D eigenvalue weighted by atomic mass is 10.1. The lowest BCUT2D eigenvalue weighted by molar-refractivity contribution is 0.0954. The molecule has 0 saturated heterocycles. The monoisotopic (exact) mass is 285 g/mol. The highest BCUT2D eigenvalue weighted by atomic mass is 16.5. The number of hydrogen-bond donors (Lipinski definition) is 3. The third kappa shape index (κ3) is 4.22. The van der Waals surface area contributed by atoms with Gasteiger partial charge in [-0.1, -0.05) is 29.8 Å². The second kappa shape index (κ2) is 7.31. The number of rotatable bonds is 6. The molecule has 0 heterocycles. The van der Waals surface area contributed by atoms with E-state index in [1.165, 1.54) is 0 Å². The molecule has 2 aromatic carbocycles. The summed E-state index contributed by atoms with van der Waals surface area (Å²) in [6.45, 7) is 3.01. The topological polar surface area (TPSA) is 76.4 Å². The van der Waals surface area contributed by atoms with Crippen LogP contribution in [0.25, 0.3) is 0 Å². The Morgan fingerprint density at radius 1 is 1.19 bits per heavy atom. The van der Waals surface area contributed by atoms with Gasteiger partial charge in [-0.3, -0.25) is 10.2 Å². The van der Waals surface area contributed by atoms with Crippen molar-refractivity contribution in [1.29, 1.82) is 0 Å². The van der Waals surface area contributed by atoms with Gasteiger partial charge in [-0.2, -0.15) is 0 Å². The van der Waals surface area contributed by atoms with Crippen LogP contribution in [0.1, 0.15) is 15.9 Å². The number of amides is 1. The summed E-state index contributed by atoms with van der Waals surface area (Å²) in [6.07, 6.45) is 0. The van der Waals surface area contributed by atoms with Crippen molar-refractivity contribution in [2.45, 2.75) is 6.92 Å². The molecule has 0 atom stereocenters. The third-order valence-corrected chi connectivity index (χ3v) is 2.98. The third-order valence-electron chi connectivity index (χ3n) is 2.98. The van der Waals surface area contributed by atoms with Crippen molar-refractivity contribution in [1.82, 2.24) is 5.43 Å². The zero-order chi connectivity index (χ0) is 15.1. The molecule has 0 saturated carbocycles. The molecule has 0 bridgehead atoms. The van der Waals surface area contributed by atoms with E-state index < -0.39 is 0 Å².